The Morgan fingerprint density at radius 2 is 1.92 bits per heavy atom. The topological polar surface area (TPSA) is 113 Å². The lowest BCUT2D eigenvalue weighted by Crippen LogP contribution is -2.54. The largest absolute Gasteiger partial charge is 0.352 e. The molecule has 1 atom stereocenters. The SMILES string of the molecule is CS(=O)(=O)N1CCN(C(=O)c2ccc(Cl)cc2)C1C(=O)NCCN. The van der Waals surface area contributed by atoms with Gasteiger partial charge in [0.25, 0.3) is 11.8 Å². The van der Waals surface area contributed by atoms with Crippen molar-refractivity contribution in [3.05, 3.63) is 34.9 Å². The highest BCUT2D eigenvalue weighted by Crippen LogP contribution is 2.21. The Kier molecular flexibility index (Phi) is 5.81. The first kappa shape index (κ1) is 18.7. The number of carbonyl (C=O) groups excluding carboxylic acids is 2. The van der Waals surface area contributed by atoms with Crippen molar-refractivity contribution in [1.82, 2.24) is 14.5 Å². The summed E-state index contributed by atoms with van der Waals surface area (Å²) in [5.41, 5.74) is 5.68. The van der Waals surface area contributed by atoms with Gasteiger partial charge in [-0.1, -0.05) is 11.6 Å². The first-order valence-electron chi connectivity index (χ1n) is 7.27. The fourth-order valence-corrected chi connectivity index (χ4v) is 3.59. The number of benzene rings is 1. The molecule has 1 heterocycles. The van der Waals surface area contributed by atoms with E-state index in [1.54, 1.807) is 12.1 Å². The van der Waals surface area contributed by atoms with Gasteiger partial charge in [0.2, 0.25) is 10.0 Å². The molecule has 8 nitrogen and oxygen atoms in total. The van der Waals surface area contributed by atoms with E-state index in [4.69, 9.17) is 17.3 Å². The summed E-state index contributed by atoms with van der Waals surface area (Å²) in [5.74, 6) is -1.02. The molecule has 1 aliphatic heterocycles. The predicted octanol–water partition coefficient (Wildman–Crippen LogP) is -0.542. The third-order valence-electron chi connectivity index (χ3n) is 3.59. The number of nitrogens with zero attached hydrogens (tertiary/aromatic N) is 2. The molecule has 10 heteroatoms. The summed E-state index contributed by atoms with van der Waals surface area (Å²) in [5, 5.41) is 3.01. The zero-order valence-electron chi connectivity index (χ0n) is 13.1. The summed E-state index contributed by atoms with van der Waals surface area (Å²) in [6.07, 6.45) is -0.221. The van der Waals surface area contributed by atoms with Crippen LogP contribution in [0.15, 0.2) is 24.3 Å². The molecule has 1 fully saturated rings. The van der Waals surface area contributed by atoms with Gasteiger partial charge in [-0.2, -0.15) is 4.31 Å². The minimum Gasteiger partial charge on any atom is -0.352 e. The molecule has 1 aromatic rings. The number of hydrogen-bond donors (Lipinski definition) is 2. The van der Waals surface area contributed by atoms with Crippen LogP contribution in [0.1, 0.15) is 10.4 Å². The highest BCUT2D eigenvalue weighted by atomic mass is 35.5. The minimum absolute atomic E-state index is 0.0544. The normalized spacial score (nSPS) is 18.6. The number of rotatable bonds is 5. The smallest absolute Gasteiger partial charge is 0.259 e. The van der Waals surface area contributed by atoms with E-state index in [1.807, 2.05) is 0 Å². The molecule has 132 valence electrons. The zero-order chi connectivity index (χ0) is 17.9. The second kappa shape index (κ2) is 7.47. The number of sulfonamides is 1. The first-order valence-corrected chi connectivity index (χ1v) is 9.49. The Hall–Kier alpha value is -1.68. The van der Waals surface area contributed by atoms with Gasteiger partial charge in [-0.05, 0) is 24.3 Å². The summed E-state index contributed by atoms with van der Waals surface area (Å²) in [6, 6.07) is 6.18. The number of amides is 2. The molecule has 1 unspecified atom stereocenters. The van der Waals surface area contributed by atoms with Gasteiger partial charge >= 0.3 is 0 Å². The van der Waals surface area contributed by atoms with Crippen LogP contribution in [0.5, 0.6) is 0 Å². The average Bonchev–Trinajstić information content (AvgIpc) is 2.98. The Morgan fingerprint density at radius 1 is 1.29 bits per heavy atom. The van der Waals surface area contributed by atoms with E-state index in [0.29, 0.717) is 10.6 Å². The van der Waals surface area contributed by atoms with Crippen molar-refractivity contribution < 1.29 is 18.0 Å². The van der Waals surface area contributed by atoms with Crippen molar-refractivity contribution in [2.75, 3.05) is 32.4 Å². The van der Waals surface area contributed by atoms with Crippen LogP contribution in [0, 0.1) is 0 Å². The molecular formula is C14H19ClN4O4S. The standard InChI is InChI=1S/C14H19ClN4O4S/c1-24(22,23)19-9-8-18(13(19)12(20)17-7-6-16)14(21)10-2-4-11(15)5-3-10/h2-5,13H,6-9,16H2,1H3,(H,17,20). The van der Waals surface area contributed by atoms with Crippen LogP contribution in [-0.4, -0.2) is 68.0 Å². The minimum atomic E-state index is -3.65. The Balaban J connectivity index is 2.31. The lowest BCUT2D eigenvalue weighted by molar-refractivity contribution is -0.127. The summed E-state index contributed by atoms with van der Waals surface area (Å²) in [4.78, 5) is 26.3. The van der Waals surface area contributed by atoms with Crippen molar-refractivity contribution in [2.45, 2.75) is 6.17 Å². The van der Waals surface area contributed by atoms with Gasteiger partial charge in [0, 0.05) is 36.8 Å². The molecule has 2 amide bonds. The monoisotopic (exact) mass is 374 g/mol. The Labute approximate surface area is 145 Å². The molecular weight excluding hydrogens is 356 g/mol. The molecule has 0 saturated carbocycles. The van der Waals surface area contributed by atoms with Crippen molar-refractivity contribution in [3.8, 4) is 0 Å². The van der Waals surface area contributed by atoms with E-state index >= 15 is 0 Å². The third kappa shape index (κ3) is 4.04. The maximum Gasteiger partial charge on any atom is 0.259 e. The molecule has 24 heavy (non-hydrogen) atoms. The molecule has 1 saturated heterocycles. The summed E-state index contributed by atoms with van der Waals surface area (Å²) in [7, 11) is -3.65. The van der Waals surface area contributed by atoms with E-state index in [2.05, 4.69) is 5.32 Å². The molecule has 0 spiro atoms. The molecule has 0 bridgehead atoms. The number of hydrogen-bond acceptors (Lipinski definition) is 5. The highest BCUT2D eigenvalue weighted by Gasteiger charge is 2.44. The van der Waals surface area contributed by atoms with Gasteiger partial charge in [-0.3, -0.25) is 9.59 Å². The van der Waals surface area contributed by atoms with Crippen LogP contribution in [0.25, 0.3) is 0 Å². The van der Waals surface area contributed by atoms with E-state index in [0.717, 1.165) is 10.6 Å². The van der Waals surface area contributed by atoms with Crippen molar-refractivity contribution in [1.29, 1.82) is 0 Å². The van der Waals surface area contributed by atoms with Gasteiger partial charge in [0.15, 0.2) is 6.17 Å². The number of nitrogens with two attached hydrogens (primary N) is 1. The number of carbonyl (C=O) groups is 2. The van der Waals surface area contributed by atoms with Gasteiger partial charge in [0.1, 0.15) is 0 Å². The van der Waals surface area contributed by atoms with E-state index < -0.39 is 28.0 Å². The zero-order valence-corrected chi connectivity index (χ0v) is 14.7. The van der Waals surface area contributed by atoms with Crippen molar-refractivity contribution in [3.63, 3.8) is 0 Å². The quantitative estimate of drug-likeness (QED) is 0.718. The fraction of sp³-hybridized carbons (Fsp3) is 0.429. The van der Waals surface area contributed by atoms with Gasteiger partial charge in [-0.25, -0.2) is 8.42 Å². The van der Waals surface area contributed by atoms with Crippen LogP contribution in [0.3, 0.4) is 0 Å². The maximum atomic E-state index is 12.7. The average molecular weight is 375 g/mol. The lowest BCUT2D eigenvalue weighted by Gasteiger charge is -2.27. The van der Waals surface area contributed by atoms with E-state index in [9.17, 15) is 18.0 Å². The molecule has 3 N–H and O–H groups in total. The Bertz CT molecular complexity index is 723. The van der Waals surface area contributed by atoms with E-state index in [1.165, 1.54) is 17.0 Å². The van der Waals surface area contributed by atoms with Crippen LogP contribution in [0.4, 0.5) is 0 Å². The molecule has 0 aliphatic carbocycles. The van der Waals surface area contributed by atoms with Gasteiger partial charge < -0.3 is 16.0 Å². The van der Waals surface area contributed by atoms with Crippen molar-refractivity contribution >= 4 is 33.4 Å². The number of nitrogens with one attached hydrogen (secondary N) is 1. The maximum absolute atomic E-state index is 12.7. The van der Waals surface area contributed by atoms with E-state index in [-0.39, 0.29) is 26.2 Å². The molecule has 1 aliphatic rings. The number of halogens is 1. The predicted molar refractivity (Wildman–Crippen MR) is 89.9 cm³/mol. The van der Waals surface area contributed by atoms with Gasteiger partial charge in [0.05, 0.1) is 6.26 Å². The summed E-state index contributed by atoms with van der Waals surface area (Å²) >= 11 is 5.81. The summed E-state index contributed by atoms with van der Waals surface area (Å²) < 4.78 is 24.9. The molecule has 2 rings (SSSR count). The van der Waals surface area contributed by atoms with Crippen LogP contribution in [0.2, 0.25) is 5.02 Å². The molecule has 1 aromatic carbocycles. The fourth-order valence-electron chi connectivity index (χ4n) is 2.48. The van der Waals surface area contributed by atoms with Crippen molar-refractivity contribution in [2.24, 2.45) is 5.73 Å². The lowest BCUT2D eigenvalue weighted by atomic mass is 10.2. The highest BCUT2D eigenvalue weighted by molar-refractivity contribution is 7.88. The second-order valence-corrected chi connectivity index (χ2v) is 7.70. The summed E-state index contributed by atoms with van der Waals surface area (Å²) in [6.45, 7) is 0.576. The second-order valence-electron chi connectivity index (χ2n) is 5.33. The molecule has 0 aromatic heterocycles. The Morgan fingerprint density at radius 3 is 2.46 bits per heavy atom. The van der Waals surface area contributed by atoms with Crippen LogP contribution in [-0.2, 0) is 14.8 Å². The van der Waals surface area contributed by atoms with Crippen LogP contribution < -0.4 is 11.1 Å². The van der Waals surface area contributed by atoms with Crippen LogP contribution >= 0.6 is 11.6 Å². The third-order valence-corrected chi connectivity index (χ3v) is 5.07. The van der Waals surface area contributed by atoms with Gasteiger partial charge in [-0.15, -0.1) is 0 Å². The molecule has 0 radical (unpaired) electrons. The first-order chi connectivity index (χ1) is 11.3.